The molecule has 2 amide bonds. The van der Waals surface area contributed by atoms with Crippen molar-refractivity contribution in [2.24, 2.45) is 0 Å². The standard InChI is InChI=1S/C24H29N5O2S/c1-6-29-20(13-21(30)25-19-11-10-15(2)12-18(19)5)27-28-24(29)32-14-22(31)26-23-16(3)8-7-9-17(23)4/h7-12H,6,13-14H2,1-5H3,(H,25,30)(H,26,31). The molecule has 0 unspecified atom stereocenters. The molecule has 0 saturated carbocycles. The van der Waals surface area contributed by atoms with Crippen molar-refractivity contribution in [2.75, 3.05) is 16.4 Å². The first-order valence-electron chi connectivity index (χ1n) is 10.6. The number of hydrogen-bond donors (Lipinski definition) is 2. The van der Waals surface area contributed by atoms with Crippen LogP contribution in [-0.4, -0.2) is 32.3 Å². The molecule has 1 aromatic heterocycles. The average molecular weight is 452 g/mol. The van der Waals surface area contributed by atoms with E-state index in [2.05, 4.69) is 20.8 Å². The second kappa shape index (κ2) is 10.5. The van der Waals surface area contributed by atoms with Crippen LogP contribution in [0.25, 0.3) is 0 Å². The molecule has 3 rings (SSSR count). The molecule has 0 atom stereocenters. The van der Waals surface area contributed by atoms with Gasteiger partial charge in [-0.15, -0.1) is 10.2 Å². The molecule has 0 bridgehead atoms. The first-order valence-corrected chi connectivity index (χ1v) is 11.5. The van der Waals surface area contributed by atoms with Crippen molar-refractivity contribution in [1.29, 1.82) is 0 Å². The molecule has 2 aromatic carbocycles. The Bertz CT molecular complexity index is 1120. The van der Waals surface area contributed by atoms with Crippen LogP contribution in [0.1, 0.15) is 35.0 Å². The van der Waals surface area contributed by atoms with E-state index in [0.717, 1.165) is 33.6 Å². The van der Waals surface area contributed by atoms with Gasteiger partial charge in [-0.1, -0.05) is 47.7 Å². The third-order valence-electron chi connectivity index (χ3n) is 5.16. The van der Waals surface area contributed by atoms with E-state index in [4.69, 9.17) is 0 Å². The number of nitrogens with zero attached hydrogens (tertiary/aromatic N) is 3. The minimum atomic E-state index is -0.150. The van der Waals surface area contributed by atoms with Crippen molar-refractivity contribution < 1.29 is 9.59 Å². The van der Waals surface area contributed by atoms with Gasteiger partial charge in [-0.2, -0.15) is 0 Å². The molecule has 168 valence electrons. The molecule has 0 aliphatic rings. The fraction of sp³-hybridized carbons (Fsp3) is 0.333. The number of anilines is 2. The second-order valence-corrected chi connectivity index (χ2v) is 8.73. The van der Waals surface area contributed by atoms with E-state index in [1.54, 1.807) is 0 Å². The van der Waals surface area contributed by atoms with Gasteiger partial charge in [-0.05, 0) is 57.4 Å². The van der Waals surface area contributed by atoms with E-state index in [-0.39, 0.29) is 24.0 Å². The number of aromatic nitrogens is 3. The summed E-state index contributed by atoms with van der Waals surface area (Å²) >= 11 is 1.31. The predicted molar refractivity (Wildman–Crippen MR) is 129 cm³/mol. The summed E-state index contributed by atoms with van der Waals surface area (Å²) in [5.74, 6) is 0.531. The summed E-state index contributed by atoms with van der Waals surface area (Å²) in [5, 5.41) is 14.9. The van der Waals surface area contributed by atoms with E-state index in [1.807, 2.05) is 75.6 Å². The van der Waals surface area contributed by atoms with Crippen molar-refractivity contribution in [3.63, 3.8) is 0 Å². The van der Waals surface area contributed by atoms with Gasteiger partial charge in [0.25, 0.3) is 0 Å². The van der Waals surface area contributed by atoms with Crippen molar-refractivity contribution in [2.45, 2.75) is 52.7 Å². The lowest BCUT2D eigenvalue weighted by Crippen LogP contribution is -2.18. The molecule has 0 aliphatic carbocycles. The van der Waals surface area contributed by atoms with Crippen molar-refractivity contribution in [3.8, 4) is 0 Å². The Morgan fingerprint density at radius 1 is 0.938 bits per heavy atom. The van der Waals surface area contributed by atoms with Gasteiger partial charge in [0, 0.05) is 17.9 Å². The summed E-state index contributed by atoms with van der Waals surface area (Å²) in [7, 11) is 0. The lowest BCUT2D eigenvalue weighted by molar-refractivity contribution is -0.116. The summed E-state index contributed by atoms with van der Waals surface area (Å²) < 4.78 is 1.87. The highest BCUT2D eigenvalue weighted by atomic mass is 32.2. The fourth-order valence-corrected chi connectivity index (χ4v) is 4.30. The minimum Gasteiger partial charge on any atom is -0.325 e. The topological polar surface area (TPSA) is 88.9 Å². The highest BCUT2D eigenvalue weighted by Crippen LogP contribution is 2.22. The zero-order chi connectivity index (χ0) is 23.3. The molecule has 7 nitrogen and oxygen atoms in total. The molecular formula is C24H29N5O2S. The highest BCUT2D eigenvalue weighted by Gasteiger charge is 2.17. The number of aryl methyl sites for hydroxylation is 4. The highest BCUT2D eigenvalue weighted by molar-refractivity contribution is 7.99. The largest absolute Gasteiger partial charge is 0.325 e. The number of para-hydroxylation sites is 1. The molecule has 0 aliphatic heterocycles. The number of amides is 2. The monoisotopic (exact) mass is 451 g/mol. The zero-order valence-corrected chi connectivity index (χ0v) is 20.0. The third kappa shape index (κ3) is 5.76. The summed E-state index contributed by atoms with van der Waals surface area (Å²) in [6.07, 6.45) is 0.114. The maximum Gasteiger partial charge on any atom is 0.234 e. The van der Waals surface area contributed by atoms with Crippen LogP contribution in [0.2, 0.25) is 0 Å². The fourth-order valence-electron chi connectivity index (χ4n) is 3.48. The lowest BCUT2D eigenvalue weighted by atomic mass is 10.1. The van der Waals surface area contributed by atoms with Gasteiger partial charge in [-0.3, -0.25) is 9.59 Å². The van der Waals surface area contributed by atoms with Crippen LogP contribution >= 0.6 is 11.8 Å². The Morgan fingerprint density at radius 3 is 2.31 bits per heavy atom. The van der Waals surface area contributed by atoms with Crippen molar-refractivity contribution in [3.05, 3.63) is 64.5 Å². The van der Waals surface area contributed by atoms with Crippen LogP contribution < -0.4 is 10.6 Å². The maximum absolute atomic E-state index is 12.6. The van der Waals surface area contributed by atoms with Gasteiger partial charge in [0.05, 0.1) is 12.2 Å². The molecule has 0 spiro atoms. The molecule has 0 fully saturated rings. The normalized spacial score (nSPS) is 10.8. The van der Waals surface area contributed by atoms with Gasteiger partial charge >= 0.3 is 0 Å². The zero-order valence-electron chi connectivity index (χ0n) is 19.2. The van der Waals surface area contributed by atoms with Gasteiger partial charge < -0.3 is 15.2 Å². The number of benzene rings is 2. The number of carbonyl (C=O) groups is 2. The minimum absolute atomic E-state index is 0.104. The van der Waals surface area contributed by atoms with Crippen LogP contribution in [0.3, 0.4) is 0 Å². The SMILES string of the molecule is CCn1c(CC(=O)Nc2ccc(C)cc2C)nnc1SCC(=O)Nc1c(C)cccc1C. The number of rotatable bonds is 8. The Morgan fingerprint density at radius 2 is 1.66 bits per heavy atom. The Balaban J connectivity index is 1.61. The van der Waals surface area contributed by atoms with Crippen LogP contribution in [0.4, 0.5) is 11.4 Å². The van der Waals surface area contributed by atoms with Crippen LogP contribution in [0.15, 0.2) is 41.6 Å². The molecular weight excluding hydrogens is 422 g/mol. The molecule has 0 radical (unpaired) electrons. The van der Waals surface area contributed by atoms with E-state index >= 15 is 0 Å². The average Bonchev–Trinajstić information content (AvgIpc) is 3.12. The van der Waals surface area contributed by atoms with Crippen LogP contribution in [0.5, 0.6) is 0 Å². The number of carbonyl (C=O) groups excluding carboxylic acids is 2. The summed E-state index contributed by atoms with van der Waals surface area (Å²) in [5.41, 5.74) is 5.85. The molecule has 8 heteroatoms. The van der Waals surface area contributed by atoms with E-state index in [0.29, 0.717) is 17.5 Å². The van der Waals surface area contributed by atoms with Gasteiger partial charge in [0.1, 0.15) is 5.82 Å². The number of nitrogens with one attached hydrogen (secondary N) is 2. The van der Waals surface area contributed by atoms with Crippen LogP contribution in [0, 0.1) is 27.7 Å². The maximum atomic E-state index is 12.6. The Labute approximate surface area is 193 Å². The molecule has 1 heterocycles. The molecule has 2 N–H and O–H groups in total. The molecule has 3 aromatic rings. The van der Waals surface area contributed by atoms with E-state index in [1.165, 1.54) is 11.8 Å². The predicted octanol–water partition coefficient (Wildman–Crippen LogP) is 4.44. The summed E-state index contributed by atoms with van der Waals surface area (Å²) in [6.45, 7) is 10.5. The van der Waals surface area contributed by atoms with Crippen molar-refractivity contribution in [1.82, 2.24) is 14.8 Å². The van der Waals surface area contributed by atoms with Gasteiger partial charge in [-0.25, -0.2) is 0 Å². The first-order chi connectivity index (χ1) is 15.3. The number of hydrogen-bond acceptors (Lipinski definition) is 5. The smallest absolute Gasteiger partial charge is 0.234 e. The lowest BCUT2D eigenvalue weighted by Gasteiger charge is -2.12. The van der Waals surface area contributed by atoms with Gasteiger partial charge in [0.15, 0.2) is 5.16 Å². The van der Waals surface area contributed by atoms with Crippen molar-refractivity contribution >= 4 is 35.0 Å². The quantitative estimate of drug-likeness (QED) is 0.494. The third-order valence-corrected chi connectivity index (χ3v) is 6.13. The molecule has 32 heavy (non-hydrogen) atoms. The molecule has 0 saturated heterocycles. The Hall–Kier alpha value is -3.13. The first kappa shape index (κ1) is 23.5. The summed E-state index contributed by atoms with van der Waals surface area (Å²) in [6, 6.07) is 11.8. The number of thioether (sulfide) groups is 1. The van der Waals surface area contributed by atoms with Crippen LogP contribution in [-0.2, 0) is 22.6 Å². The Kier molecular flexibility index (Phi) is 7.69. The van der Waals surface area contributed by atoms with E-state index < -0.39 is 0 Å². The summed E-state index contributed by atoms with van der Waals surface area (Å²) in [4.78, 5) is 25.0. The van der Waals surface area contributed by atoms with E-state index in [9.17, 15) is 9.59 Å². The van der Waals surface area contributed by atoms with Gasteiger partial charge in [0.2, 0.25) is 11.8 Å². The second-order valence-electron chi connectivity index (χ2n) is 7.79.